The lowest BCUT2D eigenvalue weighted by Gasteiger charge is -2.16. The molecule has 0 saturated heterocycles. The molecule has 78 valence electrons. The van der Waals surface area contributed by atoms with E-state index in [-0.39, 0.29) is 5.88 Å². The Bertz CT molecular complexity index is 296. The fraction of sp³-hybridized carbons (Fsp3) is 0.500. The van der Waals surface area contributed by atoms with Gasteiger partial charge in [-0.3, -0.25) is 4.98 Å². The molecule has 0 aromatic carbocycles. The summed E-state index contributed by atoms with van der Waals surface area (Å²) >= 11 is 0. The highest BCUT2D eigenvalue weighted by Crippen LogP contribution is 2.23. The number of hydrogen-bond acceptors (Lipinski definition) is 3. The van der Waals surface area contributed by atoms with Crippen LogP contribution in [0.4, 0.5) is 13.2 Å². The van der Waals surface area contributed by atoms with E-state index >= 15 is 0 Å². The smallest absolute Gasteiger partial charge is 0.425 e. The molecule has 14 heavy (non-hydrogen) atoms. The molecule has 6 heteroatoms. The molecule has 0 aliphatic carbocycles. The molecule has 0 amide bonds. The summed E-state index contributed by atoms with van der Waals surface area (Å²) in [4.78, 5) is 7.41. The minimum atomic E-state index is -4.38. The van der Waals surface area contributed by atoms with Crippen molar-refractivity contribution >= 4 is 0 Å². The summed E-state index contributed by atoms with van der Waals surface area (Å²) in [5.41, 5.74) is 0.622. The zero-order valence-electron chi connectivity index (χ0n) is 7.67. The van der Waals surface area contributed by atoms with Crippen molar-refractivity contribution in [2.24, 2.45) is 0 Å². The van der Waals surface area contributed by atoms with Crippen molar-refractivity contribution in [1.29, 1.82) is 0 Å². The maximum atomic E-state index is 12.0. The van der Waals surface area contributed by atoms with Gasteiger partial charge >= 0.3 is 6.18 Å². The van der Waals surface area contributed by atoms with Gasteiger partial charge in [-0.1, -0.05) is 0 Å². The lowest BCUT2D eigenvalue weighted by Crippen LogP contribution is -2.31. The van der Waals surface area contributed by atoms with E-state index in [4.69, 9.17) is 0 Å². The minimum Gasteiger partial charge on any atom is -0.464 e. The molecular formula is C8H9F3N2O. The van der Waals surface area contributed by atoms with Crippen LogP contribution in [0.25, 0.3) is 0 Å². The van der Waals surface area contributed by atoms with Crippen LogP contribution in [-0.4, -0.2) is 22.2 Å². The maximum Gasteiger partial charge on any atom is 0.425 e. The number of nitrogens with zero attached hydrogens (tertiary/aromatic N) is 2. The van der Waals surface area contributed by atoms with Crippen molar-refractivity contribution in [3.05, 3.63) is 18.1 Å². The monoisotopic (exact) mass is 206 g/mol. The summed E-state index contributed by atoms with van der Waals surface area (Å²) in [6.07, 6.45) is -3.75. The van der Waals surface area contributed by atoms with Gasteiger partial charge in [-0.15, -0.1) is 0 Å². The first-order chi connectivity index (χ1) is 6.39. The van der Waals surface area contributed by atoms with E-state index < -0.39 is 12.3 Å². The number of aromatic nitrogens is 2. The van der Waals surface area contributed by atoms with Crippen molar-refractivity contribution in [3.8, 4) is 5.88 Å². The second-order valence-corrected chi connectivity index (χ2v) is 2.80. The Kier molecular flexibility index (Phi) is 2.93. The van der Waals surface area contributed by atoms with Crippen molar-refractivity contribution < 1.29 is 17.9 Å². The molecule has 0 spiro atoms. The highest BCUT2D eigenvalue weighted by atomic mass is 19.4. The molecule has 0 N–H and O–H groups in total. The zero-order valence-corrected chi connectivity index (χ0v) is 7.67. The van der Waals surface area contributed by atoms with Crippen LogP contribution in [0, 0.1) is 6.92 Å². The highest BCUT2D eigenvalue weighted by molar-refractivity contribution is 5.06. The number of halogens is 3. The first-order valence-electron chi connectivity index (χ1n) is 3.91. The number of aryl methyl sites for hydroxylation is 1. The largest absolute Gasteiger partial charge is 0.464 e. The normalized spacial score (nSPS) is 13.8. The molecule has 0 aliphatic heterocycles. The van der Waals surface area contributed by atoms with Gasteiger partial charge in [0.1, 0.15) is 0 Å². The van der Waals surface area contributed by atoms with Crippen molar-refractivity contribution in [2.75, 3.05) is 0 Å². The van der Waals surface area contributed by atoms with E-state index in [1.165, 1.54) is 6.20 Å². The third-order valence-corrected chi connectivity index (χ3v) is 1.52. The zero-order chi connectivity index (χ0) is 10.8. The van der Waals surface area contributed by atoms with Crippen LogP contribution in [0.5, 0.6) is 5.88 Å². The molecular weight excluding hydrogens is 197 g/mol. The van der Waals surface area contributed by atoms with E-state index in [0.717, 1.165) is 13.1 Å². The van der Waals surface area contributed by atoms with Crippen molar-refractivity contribution in [2.45, 2.75) is 26.1 Å². The second kappa shape index (κ2) is 3.81. The third kappa shape index (κ3) is 2.86. The predicted octanol–water partition coefficient (Wildman–Crippen LogP) is 2.11. The SMILES string of the molecule is Cc1cnc(OC(C)C(F)(F)F)cn1. The fourth-order valence-electron chi connectivity index (χ4n) is 0.690. The number of ether oxygens (including phenoxy) is 1. The predicted molar refractivity (Wildman–Crippen MR) is 42.9 cm³/mol. The molecule has 1 heterocycles. The topological polar surface area (TPSA) is 35.0 Å². The van der Waals surface area contributed by atoms with E-state index in [1.54, 1.807) is 6.92 Å². The van der Waals surface area contributed by atoms with Gasteiger partial charge in [0.25, 0.3) is 0 Å². The molecule has 3 nitrogen and oxygen atoms in total. The molecule has 0 aliphatic rings. The first-order valence-corrected chi connectivity index (χ1v) is 3.91. The minimum absolute atomic E-state index is 0.125. The van der Waals surface area contributed by atoms with Crippen LogP contribution in [-0.2, 0) is 0 Å². The van der Waals surface area contributed by atoms with Gasteiger partial charge in [0.15, 0.2) is 6.10 Å². The van der Waals surface area contributed by atoms with Gasteiger partial charge in [0.05, 0.1) is 18.1 Å². The van der Waals surface area contributed by atoms with Gasteiger partial charge in [0, 0.05) is 0 Å². The lowest BCUT2D eigenvalue weighted by molar-refractivity contribution is -0.190. The van der Waals surface area contributed by atoms with Crippen LogP contribution in [0.1, 0.15) is 12.6 Å². The van der Waals surface area contributed by atoms with E-state index in [0.29, 0.717) is 5.69 Å². The second-order valence-electron chi connectivity index (χ2n) is 2.80. The number of rotatable bonds is 2. The summed E-state index contributed by atoms with van der Waals surface area (Å²) in [6.45, 7) is 2.60. The molecule has 1 atom stereocenters. The fourth-order valence-corrected chi connectivity index (χ4v) is 0.690. The van der Waals surface area contributed by atoms with Crippen LogP contribution < -0.4 is 4.74 Å². The summed E-state index contributed by atoms with van der Waals surface area (Å²) in [7, 11) is 0. The molecule has 1 aromatic rings. The van der Waals surface area contributed by atoms with Crippen LogP contribution in [0.15, 0.2) is 12.4 Å². The Morgan fingerprint density at radius 2 is 1.93 bits per heavy atom. The molecule has 0 saturated carbocycles. The van der Waals surface area contributed by atoms with Crippen molar-refractivity contribution in [3.63, 3.8) is 0 Å². The highest BCUT2D eigenvalue weighted by Gasteiger charge is 2.38. The Labute approximate surface area is 78.9 Å². The van der Waals surface area contributed by atoms with Gasteiger partial charge < -0.3 is 4.74 Å². The number of hydrogen-bond donors (Lipinski definition) is 0. The summed E-state index contributed by atoms with van der Waals surface area (Å²) in [5, 5.41) is 0. The number of alkyl halides is 3. The average Bonchev–Trinajstić information content (AvgIpc) is 2.07. The molecule has 0 radical (unpaired) electrons. The molecule has 1 unspecified atom stereocenters. The van der Waals surface area contributed by atoms with E-state index in [1.807, 2.05) is 0 Å². The van der Waals surface area contributed by atoms with E-state index in [9.17, 15) is 13.2 Å². The average molecular weight is 206 g/mol. The standard InChI is InChI=1S/C8H9F3N2O/c1-5-3-13-7(4-12-5)14-6(2)8(9,10)11/h3-4,6H,1-2H3. The van der Waals surface area contributed by atoms with E-state index in [2.05, 4.69) is 14.7 Å². The summed E-state index contributed by atoms with van der Waals surface area (Å²) in [6, 6.07) is 0. The molecule has 1 rings (SSSR count). The first kappa shape index (κ1) is 10.7. The Morgan fingerprint density at radius 1 is 1.29 bits per heavy atom. The van der Waals surface area contributed by atoms with Crippen molar-refractivity contribution in [1.82, 2.24) is 9.97 Å². The van der Waals surface area contributed by atoms with Crippen LogP contribution in [0.2, 0.25) is 0 Å². The Morgan fingerprint density at radius 3 is 2.36 bits per heavy atom. The third-order valence-electron chi connectivity index (χ3n) is 1.52. The van der Waals surface area contributed by atoms with Crippen LogP contribution >= 0.6 is 0 Å². The van der Waals surface area contributed by atoms with Gasteiger partial charge in [0.2, 0.25) is 5.88 Å². The quantitative estimate of drug-likeness (QED) is 0.743. The lowest BCUT2D eigenvalue weighted by atomic mass is 10.4. The molecule has 0 fully saturated rings. The Balaban J connectivity index is 2.65. The summed E-state index contributed by atoms with van der Waals surface area (Å²) in [5.74, 6) is -0.125. The van der Waals surface area contributed by atoms with Gasteiger partial charge in [-0.05, 0) is 13.8 Å². The summed E-state index contributed by atoms with van der Waals surface area (Å²) < 4.78 is 40.7. The maximum absolute atomic E-state index is 12.0. The van der Waals surface area contributed by atoms with Gasteiger partial charge in [-0.25, -0.2) is 4.98 Å². The molecule has 1 aromatic heterocycles. The van der Waals surface area contributed by atoms with Crippen LogP contribution in [0.3, 0.4) is 0 Å². The Hall–Kier alpha value is -1.33. The van der Waals surface area contributed by atoms with Gasteiger partial charge in [-0.2, -0.15) is 13.2 Å². The molecule has 0 bridgehead atoms.